The number of halogens is 1. The Morgan fingerprint density at radius 3 is 2.44 bits per heavy atom. The lowest BCUT2D eigenvalue weighted by Crippen LogP contribution is -2.61. The summed E-state index contributed by atoms with van der Waals surface area (Å²) in [6.45, 7) is 0.806. The number of hydrogen-bond donors (Lipinski definition) is 2. The standard InChI is InChI=1S/C14H17FN2O/c15-11-5-3-10(4-6-11)12-13(18)17-14(9-16-12)7-1-2-8-14/h3-6,12,16H,1-2,7-9H2,(H,17,18). The fourth-order valence-corrected chi connectivity index (χ4v) is 3.05. The van der Waals surface area contributed by atoms with Crippen molar-refractivity contribution in [1.82, 2.24) is 10.6 Å². The van der Waals surface area contributed by atoms with E-state index in [1.807, 2.05) is 0 Å². The molecule has 3 rings (SSSR count). The van der Waals surface area contributed by atoms with Crippen LogP contribution in [0.15, 0.2) is 24.3 Å². The van der Waals surface area contributed by atoms with Crippen LogP contribution in [-0.2, 0) is 4.79 Å². The van der Waals surface area contributed by atoms with Gasteiger partial charge in [-0.25, -0.2) is 4.39 Å². The van der Waals surface area contributed by atoms with Crippen molar-refractivity contribution in [3.8, 4) is 0 Å². The first-order valence-corrected chi connectivity index (χ1v) is 6.49. The smallest absolute Gasteiger partial charge is 0.242 e. The molecule has 1 saturated heterocycles. The van der Waals surface area contributed by atoms with Crippen molar-refractivity contribution in [2.75, 3.05) is 6.54 Å². The molecule has 4 heteroatoms. The zero-order valence-electron chi connectivity index (χ0n) is 10.2. The number of benzene rings is 1. The first kappa shape index (κ1) is 11.7. The SMILES string of the molecule is O=C1NC2(CCCC2)CNC1c1ccc(F)cc1. The van der Waals surface area contributed by atoms with Crippen LogP contribution < -0.4 is 10.6 Å². The lowest BCUT2D eigenvalue weighted by Gasteiger charge is -2.38. The quantitative estimate of drug-likeness (QED) is 0.797. The molecule has 96 valence electrons. The van der Waals surface area contributed by atoms with Crippen LogP contribution in [-0.4, -0.2) is 18.0 Å². The molecule has 0 bridgehead atoms. The van der Waals surface area contributed by atoms with Gasteiger partial charge in [0.15, 0.2) is 0 Å². The fourth-order valence-electron chi connectivity index (χ4n) is 3.05. The summed E-state index contributed by atoms with van der Waals surface area (Å²) in [6, 6.07) is 5.77. The van der Waals surface area contributed by atoms with E-state index in [1.165, 1.54) is 25.0 Å². The minimum absolute atomic E-state index is 0.00904. The topological polar surface area (TPSA) is 41.1 Å². The maximum absolute atomic E-state index is 12.9. The summed E-state index contributed by atoms with van der Waals surface area (Å²) in [4.78, 5) is 12.2. The molecule has 1 atom stereocenters. The molecule has 1 aliphatic heterocycles. The largest absolute Gasteiger partial charge is 0.348 e. The predicted molar refractivity (Wildman–Crippen MR) is 66.5 cm³/mol. The Balaban J connectivity index is 1.76. The third-order valence-corrected chi connectivity index (χ3v) is 4.06. The minimum Gasteiger partial charge on any atom is -0.348 e. The Morgan fingerprint density at radius 1 is 1.17 bits per heavy atom. The molecule has 1 saturated carbocycles. The molecule has 2 fully saturated rings. The molecule has 1 heterocycles. The molecule has 0 radical (unpaired) electrons. The molecule has 1 aliphatic carbocycles. The summed E-state index contributed by atoms with van der Waals surface area (Å²) in [5.74, 6) is -0.267. The predicted octanol–water partition coefficient (Wildman–Crippen LogP) is 1.90. The van der Waals surface area contributed by atoms with Crippen LogP contribution in [0, 0.1) is 5.82 Å². The highest BCUT2D eigenvalue weighted by molar-refractivity contribution is 5.84. The Bertz CT molecular complexity index is 451. The minimum atomic E-state index is -0.350. The molecular formula is C14H17FN2O. The van der Waals surface area contributed by atoms with Gasteiger partial charge in [0.25, 0.3) is 0 Å². The lowest BCUT2D eigenvalue weighted by atomic mass is 9.91. The van der Waals surface area contributed by atoms with Crippen molar-refractivity contribution >= 4 is 5.91 Å². The van der Waals surface area contributed by atoms with E-state index in [2.05, 4.69) is 10.6 Å². The third kappa shape index (κ3) is 2.01. The Kier molecular flexibility index (Phi) is 2.82. The molecule has 18 heavy (non-hydrogen) atoms. The Hall–Kier alpha value is -1.42. The molecule has 1 aromatic carbocycles. The number of hydrogen-bond acceptors (Lipinski definition) is 2. The van der Waals surface area contributed by atoms with E-state index in [4.69, 9.17) is 0 Å². The molecule has 3 nitrogen and oxygen atoms in total. The van der Waals surface area contributed by atoms with Gasteiger partial charge in [0, 0.05) is 6.54 Å². The first-order chi connectivity index (χ1) is 8.69. The second-order valence-electron chi connectivity index (χ2n) is 5.34. The van der Waals surface area contributed by atoms with Crippen LogP contribution in [0.5, 0.6) is 0 Å². The van der Waals surface area contributed by atoms with Crippen molar-refractivity contribution in [3.05, 3.63) is 35.6 Å². The third-order valence-electron chi connectivity index (χ3n) is 4.06. The Morgan fingerprint density at radius 2 is 1.83 bits per heavy atom. The molecule has 1 aromatic rings. The van der Waals surface area contributed by atoms with Crippen LogP contribution in [0.1, 0.15) is 37.3 Å². The van der Waals surface area contributed by atoms with Gasteiger partial charge in [-0.2, -0.15) is 0 Å². The van der Waals surface area contributed by atoms with Crippen molar-refractivity contribution in [2.45, 2.75) is 37.3 Å². The van der Waals surface area contributed by atoms with Gasteiger partial charge in [0.1, 0.15) is 11.9 Å². The van der Waals surface area contributed by atoms with Gasteiger partial charge in [-0.1, -0.05) is 25.0 Å². The van der Waals surface area contributed by atoms with Crippen LogP contribution in [0.4, 0.5) is 4.39 Å². The number of piperazine rings is 1. The van der Waals surface area contributed by atoms with Crippen molar-refractivity contribution in [2.24, 2.45) is 0 Å². The second kappa shape index (κ2) is 4.35. The molecule has 1 unspecified atom stereocenters. The van der Waals surface area contributed by atoms with Crippen LogP contribution >= 0.6 is 0 Å². The number of carbonyl (C=O) groups is 1. The van der Waals surface area contributed by atoms with E-state index in [0.717, 1.165) is 24.9 Å². The van der Waals surface area contributed by atoms with Crippen LogP contribution in [0.2, 0.25) is 0 Å². The van der Waals surface area contributed by atoms with E-state index >= 15 is 0 Å². The lowest BCUT2D eigenvalue weighted by molar-refractivity contribution is -0.127. The van der Waals surface area contributed by atoms with Gasteiger partial charge in [0.2, 0.25) is 5.91 Å². The summed E-state index contributed by atoms with van der Waals surface area (Å²) in [6.07, 6.45) is 4.48. The molecule has 1 spiro atoms. The fraction of sp³-hybridized carbons (Fsp3) is 0.500. The van der Waals surface area contributed by atoms with E-state index in [1.54, 1.807) is 12.1 Å². The van der Waals surface area contributed by atoms with Crippen molar-refractivity contribution in [1.29, 1.82) is 0 Å². The highest BCUT2D eigenvalue weighted by atomic mass is 19.1. The summed E-state index contributed by atoms with van der Waals surface area (Å²) in [5.41, 5.74) is 0.787. The van der Waals surface area contributed by atoms with Gasteiger partial charge >= 0.3 is 0 Å². The monoisotopic (exact) mass is 248 g/mol. The Labute approximate surface area is 106 Å². The van der Waals surface area contributed by atoms with Crippen LogP contribution in [0.3, 0.4) is 0 Å². The number of nitrogens with one attached hydrogen (secondary N) is 2. The average Bonchev–Trinajstić information content (AvgIpc) is 2.79. The molecule has 0 aromatic heterocycles. The van der Waals surface area contributed by atoms with E-state index < -0.39 is 0 Å². The zero-order chi connectivity index (χ0) is 12.6. The van der Waals surface area contributed by atoms with Crippen molar-refractivity contribution in [3.63, 3.8) is 0 Å². The van der Waals surface area contributed by atoms with Crippen molar-refractivity contribution < 1.29 is 9.18 Å². The molecular weight excluding hydrogens is 231 g/mol. The second-order valence-corrected chi connectivity index (χ2v) is 5.34. The van der Waals surface area contributed by atoms with E-state index in [0.29, 0.717) is 0 Å². The highest BCUT2D eigenvalue weighted by Crippen LogP contribution is 2.32. The number of amides is 1. The first-order valence-electron chi connectivity index (χ1n) is 6.49. The highest BCUT2D eigenvalue weighted by Gasteiger charge is 2.41. The maximum atomic E-state index is 12.9. The average molecular weight is 248 g/mol. The number of rotatable bonds is 1. The summed E-state index contributed by atoms with van der Waals surface area (Å²) in [5, 5.41) is 6.46. The van der Waals surface area contributed by atoms with Gasteiger partial charge in [-0.15, -0.1) is 0 Å². The summed E-state index contributed by atoms with van der Waals surface area (Å²) in [7, 11) is 0. The van der Waals surface area contributed by atoms with Crippen LogP contribution in [0.25, 0.3) is 0 Å². The molecule has 2 N–H and O–H groups in total. The normalized spacial score (nSPS) is 26.3. The number of carbonyl (C=O) groups excluding carboxylic acids is 1. The van der Waals surface area contributed by atoms with Gasteiger partial charge < -0.3 is 5.32 Å². The van der Waals surface area contributed by atoms with Gasteiger partial charge in [-0.05, 0) is 30.5 Å². The summed E-state index contributed by atoms with van der Waals surface area (Å²) >= 11 is 0. The van der Waals surface area contributed by atoms with Gasteiger partial charge in [0.05, 0.1) is 5.54 Å². The van der Waals surface area contributed by atoms with E-state index in [9.17, 15) is 9.18 Å². The summed E-state index contributed by atoms with van der Waals surface area (Å²) < 4.78 is 12.9. The molecule has 2 aliphatic rings. The maximum Gasteiger partial charge on any atom is 0.242 e. The molecule has 1 amide bonds. The van der Waals surface area contributed by atoms with Gasteiger partial charge in [-0.3, -0.25) is 10.1 Å². The zero-order valence-corrected chi connectivity index (χ0v) is 10.2. The van der Waals surface area contributed by atoms with E-state index in [-0.39, 0.29) is 23.3 Å².